The van der Waals surface area contributed by atoms with E-state index in [9.17, 15) is 5.11 Å². The van der Waals surface area contributed by atoms with Crippen LogP contribution >= 0.6 is 22.9 Å². The number of thiophene rings is 1. The molecule has 0 radical (unpaired) electrons. The fraction of sp³-hybridized carbons (Fsp3) is 0.100. The van der Waals surface area contributed by atoms with Gasteiger partial charge in [-0.3, -0.25) is 0 Å². The number of rotatable bonds is 2. The maximum atomic E-state index is 9.93. The van der Waals surface area contributed by atoms with Crippen LogP contribution in [0.5, 0.6) is 0 Å². The smallest absolute Gasteiger partial charge is 0.129 e. The summed E-state index contributed by atoms with van der Waals surface area (Å²) in [6.45, 7) is 0. The SMILES string of the molecule is OC(c1ccsc1)c1ccnc(Cl)c1. The number of aliphatic hydroxyl groups excluding tert-OH is 1. The quantitative estimate of drug-likeness (QED) is 0.798. The largest absolute Gasteiger partial charge is 0.384 e. The molecule has 0 bridgehead atoms. The number of nitrogens with zero attached hydrogens (tertiary/aromatic N) is 1. The van der Waals surface area contributed by atoms with Crippen LogP contribution in [0, 0.1) is 0 Å². The van der Waals surface area contributed by atoms with E-state index in [1.165, 1.54) is 0 Å². The van der Waals surface area contributed by atoms with Crippen LogP contribution in [0.4, 0.5) is 0 Å². The molecule has 0 saturated heterocycles. The van der Waals surface area contributed by atoms with Crippen molar-refractivity contribution in [2.24, 2.45) is 0 Å². The van der Waals surface area contributed by atoms with Gasteiger partial charge in [-0.05, 0) is 40.1 Å². The zero-order chi connectivity index (χ0) is 9.97. The Morgan fingerprint density at radius 2 is 2.21 bits per heavy atom. The zero-order valence-corrected chi connectivity index (χ0v) is 8.79. The molecule has 0 saturated carbocycles. The Hall–Kier alpha value is -0.900. The molecule has 1 N–H and O–H groups in total. The minimum atomic E-state index is -0.609. The Balaban J connectivity index is 2.32. The lowest BCUT2D eigenvalue weighted by Gasteiger charge is -2.08. The summed E-state index contributed by atoms with van der Waals surface area (Å²) in [6.07, 6.45) is 0.981. The summed E-state index contributed by atoms with van der Waals surface area (Å²) >= 11 is 7.29. The molecule has 72 valence electrons. The van der Waals surface area contributed by atoms with E-state index in [-0.39, 0.29) is 0 Å². The van der Waals surface area contributed by atoms with E-state index in [2.05, 4.69) is 4.98 Å². The number of hydrogen-bond acceptors (Lipinski definition) is 3. The van der Waals surface area contributed by atoms with Crippen molar-refractivity contribution in [1.29, 1.82) is 0 Å². The van der Waals surface area contributed by atoms with Gasteiger partial charge in [0.25, 0.3) is 0 Å². The highest BCUT2D eigenvalue weighted by Crippen LogP contribution is 2.24. The van der Waals surface area contributed by atoms with Gasteiger partial charge in [-0.2, -0.15) is 11.3 Å². The van der Waals surface area contributed by atoms with Crippen molar-refractivity contribution in [2.75, 3.05) is 0 Å². The zero-order valence-electron chi connectivity index (χ0n) is 7.22. The van der Waals surface area contributed by atoms with Crippen molar-refractivity contribution in [1.82, 2.24) is 4.98 Å². The normalized spacial score (nSPS) is 12.7. The molecule has 2 aromatic rings. The van der Waals surface area contributed by atoms with Gasteiger partial charge in [0.15, 0.2) is 0 Å². The van der Waals surface area contributed by atoms with Crippen molar-refractivity contribution >= 4 is 22.9 Å². The van der Waals surface area contributed by atoms with Gasteiger partial charge in [0.05, 0.1) is 0 Å². The Bertz CT molecular complexity index is 416. The molecule has 2 nitrogen and oxygen atoms in total. The van der Waals surface area contributed by atoms with Crippen LogP contribution in [0.1, 0.15) is 17.2 Å². The molecule has 0 aliphatic heterocycles. The molecule has 2 heterocycles. The van der Waals surface area contributed by atoms with Gasteiger partial charge in [0, 0.05) is 6.20 Å². The van der Waals surface area contributed by atoms with Crippen LogP contribution in [0.25, 0.3) is 0 Å². The first-order valence-electron chi connectivity index (χ1n) is 4.09. The summed E-state index contributed by atoms with van der Waals surface area (Å²) < 4.78 is 0. The molecule has 4 heteroatoms. The fourth-order valence-corrected chi connectivity index (χ4v) is 2.07. The van der Waals surface area contributed by atoms with E-state index in [1.807, 2.05) is 16.8 Å². The topological polar surface area (TPSA) is 33.1 Å². The third-order valence-electron chi connectivity index (χ3n) is 1.93. The Labute approximate surface area is 90.8 Å². The number of hydrogen-bond donors (Lipinski definition) is 1. The van der Waals surface area contributed by atoms with Gasteiger partial charge in [-0.1, -0.05) is 11.6 Å². The lowest BCUT2D eigenvalue weighted by Crippen LogP contribution is -1.97. The predicted molar refractivity (Wildman–Crippen MR) is 57.6 cm³/mol. The van der Waals surface area contributed by atoms with Crippen molar-refractivity contribution in [3.05, 3.63) is 51.4 Å². The number of halogens is 1. The molecule has 0 fully saturated rings. The highest BCUT2D eigenvalue weighted by molar-refractivity contribution is 7.07. The van der Waals surface area contributed by atoms with Crippen LogP contribution in [-0.4, -0.2) is 10.1 Å². The molecule has 1 atom stereocenters. The summed E-state index contributed by atoms with van der Waals surface area (Å²) in [4.78, 5) is 3.86. The van der Waals surface area contributed by atoms with Crippen molar-refractivity contribution in [2.45, 2.75) is 6.10 Å². The molecule has 0 spiro atoms. The average molecular weight is 226 g/mol. The van der Waals surface area contributed by atoms with E-state index >= 15 is 0 Å². The van der Waals surface area contributed by atoms with Crippen LogP contribution in [-0.2, 0) is 0 Å². The van der Waals surface area contributed by atoms with Crippen LogP contribution in [0.15, 0.2) is 35.2 Å². The highest BCUT2D eigenvalue weighted by atomic mass is 35.5. The molecule has 0 aromatic carbocycles. The van der Waals surface area contributed by atoms with Gasteiger partial charge in [-0.15, -0.1) is 0 Å². The van der Waals surface area contributed by atoms with Crippen LogP contribution < -0.4 is 0 Å². The van der Waals surface area contributed by atoms with E-state index < -0.39 is 6.10 Å². The van der Waals surface area contributed by atoms with Crippen molar-refractivity contribution in [3.8, 4) is 0 Å². The first-order valence-corrected chi connectivity index (χ1v) is 5.41. The molecule has 0 amide bonds. The Morgan fingerprint density at radius 3 is 2.86 bits per heavy atom. The highest BCUT2D eigenvalue weighted by Gasteiger charge is 2.10. The second-order valence-corrected chi connectivity index (χ2v) is 4.04. The Kier molecular flexibility index (Phi) is 2.82. The van der Waals surface area contributed by atoms with Gasteiger partial charge < -0.3 is 5.11 Å². The minimum Gasteiger partial charge on any atom is -0.384 e. The first kappa shape index (κ1) is 9.65. The number of pyridine rings is 1. The maximum absolute atomic E-state index is 9.93. The van der Waals surface area contributed by atoms with Crippen molar-refractivity contribution in [3.63, 3.8) is 0 Å². The van der Waals surface area contributed by atoms with Crippen molar-refractivity contribution < 1.29 is 5.11 Å². The second-order valence-electron chi connectivity index (χ2n) is 2.87. The summed E-state index contributed by atoms with van der Waals surface area (Å²) in [5, 5.41) is 14.2. The van der Waals surface area contributed by atoms with Crippen LogP contribution in [0.2, 0.25) is 5.15 Å². The molecule has 0 aliphatic carbocycles. The summed E-state index contributed by atoms with van der Waals surface area (Å²) in [6, 6.07) is 5.32. The third-order valence-corrected chi connectivity index (χ3v) is 2.83. The van der Waals surface area contributed by atoms with Gasteiger partial charge in [0.2, 0.25) is 0 Å². The predicted octanol–water partition coefficient (Wildman–Crippen LogP) is 2.88. The summed E-state index contributed by atoms with van der Waals surface area (Å²) in [5.74, 6) is 0. The lowest BCUT2D eigenvalue weighted by molar-refractivity contribution is 0.220. The number of aliphatic hydroxyl groups is 1. The molecule has 14 heavy (non-hydrogen) atoms. The Morgan fingerprint density at radius 1 is 1.36 bits per heavy atom. The molecule has 2 rings (SSSR count). The lowest BCUT2D eigenvalue weighted by atomic mass is 10.1. The van der Waals surface area contributed by atoms with E-state index in [0.29, 0.717) is 5.15 Å². The molecular weight excluding hydrogens is 218 g/mol. The molecular formula is C10H8ClNOS. The second kappa shape index (κ2) is 4.09. The van der Waals surface area contributed by atoms with Gasteiger partial charge >= 0.3 is 0 Å². The summed E-state index contributed by atoms with van der Waals surface area (Å²) in [7, 11) is 0. The van der Waals surface area contributed by atoms with E-state index in [4.69, 9.17) is 11.6 Å². The first-order chi connectivity index (χ1) is 6.77. The minimum absolute atomic E-state index is 0.400. The van der Waals surface area contributed by atoms with Crippen LogP contribution in [0.3, 0.4) is 0 Å². The standard InChI is InChI=1S/C10H8ClNOS/c11-9-5-7(1-3-12-9)10(13)8-2-4-14-6-8/h1-6,10,13H. The third kappa shape index (κ3) is 1.95. The number of aromatic nitrogens is 1. The van der Waals surface area contributed by atoms with Gasteiger partial charge in [-0.25, -0.2) is 4.98 Å². The fourth-order valence-electron chi connectivity index (χ4n) is 1.21. The molecule has 0 aliphatic rings. The average Bonchev–Trinajstić information content (AvgIpc) is 2.69. The molecule has 1 unspecified atom stereocenters. The van der Waals surface area contributed by atoms with E-state index in [0.717, 1.165) is 11.1 Å². The molecule has 2 aromatic heterocycles. The van der Waals surface area contributed by atoms with Gasteiger partial charge in [0.1, 0.15) is 11.3 Å². The maximum Gasteiger partial charge on any atom is 0.129 e. The monoisotopic (exact) mass is 225 g/mol. The van der Waals surface area contributed by atoms with E-state index in [1.54, 1.807) is 29.7 Å². The summed E-state index contributed by atoms with van der Waals surface area (Å²) in [5.41, 5.74) is 1.65.